The Morgan fingerprint density at radius 1 is 1.43 bits per heavy atom. The summed E-state index contributed by atoms with van der Waals surface area (Å²) in [6.45, 7) is 0.494. The minimum absolute atomic E-state index is 0.373. The van der Waals surface area contributed by atoms with Crippen LogP contribution in [0, 0.1) is 5.92 Å². The van der Waals surface area contributed by atoms with Gasteiger partial charge in [0.15, 0.2) is 0 Å². The number of anilines is 1. The molecule has 1 fully saturated rings. The fourth-order valence-corrected chi connectivity index (χ4v) is 3.67. The first-order chi connectivity index (χ1) is 11.1. The summed E-state index contributed by atoms with van der Waals surface area (Å²) in [4.78, 5) is 20.5. The van der Waals surface area contributed by atoms with Gasteiger partial charge in [0.25, 0.3) is 0 Å². The van der Waals surface area contributed by atoms with Crippen molar-refractivity contribution in [2.75, 3.05) is 18.6 Å². The summed E-state index contributed by atoms with van der Waals surface area (Å²) in [6.07, 6.45) is 4.82. The van der Waals surface area contributed by atoms with Crippen LogP contribution in [0.3, 0.4) is 0 Å². The highest BCUT2D eigenvalue weighted by Crippen LogP contribution is 2.31. The van der Waals surface area contributed by atoms with E-state index in [4.69, 9.17) is 4.74 Å². The number of fused-ring (bicyclic) bond motifs is 1. The number of halogens is 1. The van der Waals surface area contributed by atoms with Crippen molar-refractivity contribution in [3.05, 3.63) is 16.6 Å². The van der Waals surface area contributed by atoms with Crippen LogP contribution in [0.5, 0.6) is 5.75 Å². The number of carbonyl (C=O) groups is 1. The molecule has 23 heavy (non-hydrogen) atoms. The van der Waals surface area contributed by atoms with Crippen LogP contribution in [0.2, 0.25) is 0 Å². The lowest BCUT2D eigenvalue weighted by atomic mass is 9.89. The van der Waals surface area contributed by atoms with Crippen LogP contribution < -0.4 is 9.64 Å². The van der Waals surface area contributed by atoms with Crippen molar-refractivity contribution in [3.63, 3.8) is 0 Å². The number of nitrogens with zero attached hydrogens (tertiary/aromatic N) is 2. The van der Waals surface area contributed by atoms with E-state index in [9.17, 15) is 9.90 Å². The van der Waals surface area contributed by atoms with Crippen molar-refractivity contribution < 1.29 is 14.6 Å². The smallest absolute Gasteiger partial charge is 0.414 e. The Morgan fingerprint density at radius 2 is 2.17 bits per heavy atom. The summed E-state index contributed by atoms with van der Waals surface area (Å²) in [5.41, 5.74) is 1.47. The predicted octanol–water partition coefficient (Wildman–Crippen LogP) is 4.40. The average Bonchev–Trinajstić information content (AvgIpc) is 2.94. The van der Waals surface area contributed by atoms with Gasteiger partial charge in [0.1, 0.15) is 5.75 Å². The van der Waals surface area contributed by atoms with Gasteiger partial charge in [-0.1, -0.05) is 19.3 Å². The molecule has 1 aromatic heterocycles. The average molecular weight is 382 g/mol. The quantitative estimate of drug-likeness (QED) is 0.822. The molecule has 1 aromatic carbocycles. The third-order valence-corrected chi connectivity index (χ3v) is 5.01. The lowest BCUT2D eigenvalue weighted by Crippen LogP contribution is -2.35. The highest BCUT2D eigenvalue weighted by molar-refractivity contribution is 9.10. The Hall–Kier alpha value is -1.76. The van der Waals surface area contributed by atoms with Crippen molar-refractivity contribution in [2.45, 2.75) is 32.1 Å². The van der Waals surface area contributed by atoms with E-state index in [1.807, 2.05) is 6.07 Å². The number of H-pyrrole nitrogens is 1. The minimum Gasteiger partial charge on any atom is -0.495 e. The summed E-state index contributed by atoms with van der Waals surface area (Å²) in [5, 5.41) is 9.57. The maximum absolute atomic E-state index is 11.7. The van der Waals surface area contributed by atoms with Crippen LogP contribution in [0.1, 0.15) is 32.1 Å². The number of rotatable bonds is 4. The van der Waals surface area contributed by atoms with Crippen molar-refractivity contribution in [1.82, 2.24) is 9.97 Å². The number of benzene rings is 1. The molecule has 0 radical (unpaired) electrons. The molecule has 0 bridgehead atoms. The second-order valence-corrected chi connectivity index (χ2v) is 6.82. The van der Waals surface area contributed by atoms with Gasteiger partial charge in [0.05, 0.1) is 22.6 Å². The van der Waals surface area contributed by atoms with E-state index in [0.717, 1.165) is 22.8 Å². The maximum atomic E-state index is 11.7. The Kier molecular flexibility index (Phi) is 4.75. The molecule has 1 saturated carbocycles. The lowest BCUT2D eigenvalue weighted by molar-refractivity contribution is 0.198. The molecule has 0 unspecified atom stereocenters. The molecular weight excluding hydrogens is 362 g/mol. The second kappa shape index (κ2) is 6.78. The first-order valence-corrected chi connectivity index (χ1v) is 8.61. The first kappa shape index (κ1) is 16.1. The molecule has 0 spiro atoms. The number of aromatic nitrogens is 2. The monoisotopic (exact) mass is 381 g/mol. The zero-order chi connectivity index (χ0) is 16.4. The molecule has 2 aromatic rings. The molecule has 7 heteroatoms. The fourth-order valence-electron chi connectivity index (χ4n) is 3.17. The Bertz CT molecular complexity index is 710. The number of hydrogen-bond acceptors (Lipinski definition) is 3. The number of nitrogens with one attached hydrogen (secondary N) is 1. The number of aromatic amines is 1. The largest absolute Gasteiger partial charge is 0.495 e. The molecule has 1 amide bonds. The molecule has 6 nitrogen and oxygen atoms in total. The van der Waals surface area contributed by atoms with E-state index in [1.54, 1.807) is 13.2 Å². The van der Waals surface area contributed by atoms with Gasteiger partial charge in [-0.05, 0) is 40.8 Å². The van der Waals surface area contributed by atoms with Crippen LogP contribution in [0.4, 0.5) is 10.7 Å². The van der Waals surface area contributed by atoms with Gasteiger partial charge < -0.3 is 14.8 Å². The lowest BCUT2D eigenvalue weighted by Gasteiger charge is -2.26. The number of ether oxygens (including phenoxy) is 1. The molecule has 1 aliphatic carbocycles. The van der Waals surface area contributed by atoms with Crippen LogP contribution in [-0.2, 0) is 0 Å². The summed E-state index contributed by atoms with van der Waals surface area (Å²) in [5.74, 6) is 1.46. The highest BCUT2D eigenvalue weighted by Gasteiger charge is 2.24. The zero-order valence-corrected chi connectivity index (χ0v) is 14.6. The number of carboxylic acid groups (broad SMARTS) is 1. The number of methoxy groups -OCH3 is 1. The highest BCUT2D eigenvalue weighted by atomic mass is 79.9. The summed E-state index contributed by atoms with van der Waals surface area (Å²) < 4.78 is 6.06. The maximum Gasteiger partial charge on any atom is 0.414 e. The standard InChI is InChI=1S/C16H20BrN3O3/c1-23-14-8-13-12(7-11(14)17)18-15(19-13)20(16(21)22)9-10-5-3-2-4-6-10/h7-8,10H,2-6,9H2,1H3,(H,18,19)(H,21,22). The van der Waals surface area contributed by atoms with Crippen molar-refractivity contribution in [2.24, 2.45) is 5.92 Å². The normalized spacial score (nSPS) is 15.7. The molecule has 1 aliphatic rings. The van der Waals surface area contributed by atoms with E-state index in [-0.39, 0.29) is 0 Å². The predicted molar refractivity (Wildman–Crippen MR) is 92.3 cm³/mol. The van der Waals surface area contributed by atoms with Crippen LogP contribution in [0.25, 0.3) is 11.0 Å². The van der Waals surface area contributed by atoms with Gasteiger partial charge in [0.2, 0.25) is 5.95 Å². The summed E-state index contributed by atoms with van der Waals surface area (Å²) >= 11 is 3.43. The third kappa shape index (κ3) is 3.44. The van der Waals surface area contributed by atoms with Crippen molar-refractivity contribution in [1.29, 1.82) is 0 Å². The Labute approximate surface area is 143 Å². The van der Waals surface area contributed by atoms with Crippen LogP contribution in [0.15, 0.2) is 16.6 Å². The van der Waals surface area contributed by atoms with Gasteiger partial charge in [-0.3, -0.25) is 0 Å². The zero-order valence-electron chi connectivity index (χ0n) is 13.0. The van der Waals surface area contributed by atoms with Crippen molar-refractivity contribution in [3.8, 4) is 5.75 Å². The summed E-state index contributed by atoms with van der Waals surface area (Å²) in [7, 11) is 1.59. The van der Waals surface area contributed by atoms with Gasteiger partial charge in [-0.25, -0.2) is 14.7 Å². The van der Waals surface area contributed by atoms with E-state index in [1.165, 1.54) is 24.2 Å². The topological polar surface area (TPSA) is 78.4 Å². The van der Waals surface area contributed by atoms with Gasteiger partial charge in [0, 0.05) is 12.6 Å². The molecule has 1 heterocycles. The molecule has 0 saturated heterocycles. The van der Waals surface area contributed by atoms with Crippen molar-refractivity contribution >= 4 is 39.0 Å². The molecule has 124 valence electrons. The molecule has 3 rings (SSSR count). The minimum atomic E-state index is -0.972. The number of hydrogen-bond donors (Lipinski definition) is 2. The van der Waals surface area contributed by atoms with E-state index >= 15 is 0 Å². The molecule has 0 atom stereocenters. The van der Waals surface area contributed by atoms with Gasteiger partial charge >= 0.3 is 6.09 Å². The Balaban J connectivity index is 1.89. The molecule has 2 N–H and O–H groups in total. The Morgan fingerprint density at radius 3 is 2.83 bits per heavy atom. The van der Waals surface area contributed by atoms with E-state index in [2.05, 4.69) is 25.9 Å². The summed E-state index contributed by atoms with van der Waals surface area (Å²) in [6, 6.07) is 3.64. The first-order valence-electron chi connectivity index (χ1n) is 7.82. The van der Waals surface area contributed by atoms with Crippen LogP contribution >= 0.6 is 15.9 Å². The van der Waals surface area contributed by atoms with Gasteiger partial charge in [-0.2, -0.15) is 0 Å². The number of imidazole rings is 1. The second-order valence-electron chi connectivity index (χ2n) is 5.96. The molecular formula is C16H20BrN3O3. The fraction of sp³-hybridized carbons (Fsp3) is 0.500. The van der Waals surface area contributed by atoms with Gasteiger partial charge in [-0.15, -0.1) is 0 Å². The van der Waals surface area contributed by atoms with E-state index < -0.39 is 6.09 Å². The van der Waals surface area contributed by atoms with Crippen LogP contribution in [-0.4, -0.2) is 34.8 Å². The third-order valence-electron chi connectivity index (χ3n) is 4.40. The van der Waals surface area contributed by atoms with E-state index in [0.29, 0.717) is 29.7 Å². The molecule has 0 aliphatic heterocycles. The number of amides is 1. The SMILES string of the molecule is COc1cc2nc(N(CC3CCCCC3)C(=O)O)[nH]c2cc1Br.